The predicted octanol–water partition coefficient (Wildman–Crippen LogP) is 6.95. The van der Waals surface area contributed by atoms with E-state index in [1.54, 1.807) is 0 Å². The van der Waals surface area contributed by atoms with Crippen LogP contribution in [0.2, 0.25) is 5.02 Å². The Morgan fingerprint density at radius 1 is 0.786 bits per heavy atom. The Morgan fingerprint density at radius 3 is 1.93 bits per heavy atom. The summed E-state index contributed by atoms with van der Waals surface area (Å²) in [5, 5.41) is 0.738. The van der Waals surface area contributed by atoms with E-state index in [1.807, 2.05) is 18.2 Å². The zero-order chi connectivity index (χ0) is 19.5. The molecule has 3 aromatic rings. The van der Waals surface area contributed by atoms with Gasteiger partial charge in [0.2, 0.25) is 0 Å². The molecule has 0 unspecified atom stereocenters. The number of anilines is 1. The minimum Gasteiger partial charge on any atom is -0.493 e. The van der Waals surface area contributed by atoms with Crippen molar-refractivity contribution in [3.63, 3.8) is 0 Å². The molecule has 0 saturated carbocycles. The van der Waals surface area contributed by atoms with Crippen LogP contribution >= 0.6 is 11.6 Å². The van der Waals surface area contributed by atoms with Crippen molar-refractivity contribution in [3.05, 3.63) is 113 Å². The monoisotopic (exact) mass is 389 g/mol. The van der Waals surface area contributed by atoms with Crippen LogP contribution in [0.4, 0.5) is 5.69 Å². The lowest BCUT2D eigenvalue weighted by Gasteiger charge is -2.34. The van der Waals surface area contributed by atoms with Gasteiger partial charge in [-0.3, -0.25) is 0 Å². The SMILES string of the molecule is CC(C)OC1=C[C@H](c2ccccc2)N(c2ccc(Cl)cc2)[C@H]1c1ccccc1. The zero-order valence-corrected chi connectivity index (χ0v) is 16.9. The van der Waals surface area contributed by atoms with E-state index in [1.165, 1.54) is 11.1 Å². The van der Waals surface area contributed by atoms with Gasteiger partial charge in [-0.15, -0.1) is 0 Å². The van der Waals surface area contributed by atoms with E-state index in [4.69, 9.17) is 16.3 Å². The highest BCUT2D eigenvalue weighted by atomic mass is 35.5. The maximum Gasteiger partial charge on any atom is 0.122 e. The molecule has 2 nitrogen and oxygen atoms in total. The molecule has 4 rings (SSSR count). The third-order valence-corrected chi connectivity index (χ3v) is 5.17. The molecule has 0 radical (unpaired) electrons. The number of ether oxygens (including phenoxy) is 1. The van der Waals surface area contributed by atoms with Gasteiger partial charge in [-0.1, -0.05) is 72.3 Å². The first-order valence-corrected chi connectivity index (χ1v) is 10.0. The van der Waals surface area contributed by atoms with Crippen LogP contribution in [0.1, 0.15) is 37.1 Å². The first-order chi connectivity index (χ1) is 13.6. The predicted molar refractivity (Wildman–Crippen MR) is 117 cm³/mol. The second-order valence-electron chi connectivity index (χ2n) is 7.29. The first kappa shape index (κ1) is 18.6. The summed E-state index contributed by atoms with van der Waals surface area (Å²) < 4.78 is 6.30. The average molecular weight is 390 g/mol. The molecular weight excluding hydrogens is 366 g/mol. The van der Waals surface area contributed by atoms with Gasteiger partial charge in [0.05, 0.1) is 12.1 Å². The van der Waals surface area contributed by atoms with Crippen molar-refractivity contribution in [1.29, 1.82) is 0 Å². The molecule has 0 fully saturated rings. The van der Waals surface area contributed by atoms with Gasteiger partial charge in [0.25, 0.3) is 0 Å². The second kappa shape index (κ2) is 8.12. The molecule has 142 valence electrons. The number of hydrogen-bond acceptors (Lipinski definition) is 2. The Bertz CT molecular complexity index is 935. The molecule has 3 aromatic carbocycles. The Labute approximate surface area is 172 Å². The molecule has 0 amide bonds. The molecule has 1 aliphatic heterocycles. The summed E-state index contributed by atoms with van der Waals surface area (Å²) in [7, 11) is 0. The van der Waals surface area contributed by atoms with Crippen molar-refractivity contribution in [2.24, 2.45) is 0 Å². The largest absolute Gasteiger partial charge is 0.493 e. The van der Waals surface area contributed by atoms with E-state index in [0.29, 0.717) is 0 Å². The fourth-order valence-corrected chi connectivity index (χ4v) is 3.92. The second-order valence-corrected chi connectivity index (χ2v) is 7.72. The van der Waals surface area contributed by atoms with Crippen LogP contribution in [-0.2, 0) is 4.74 Å². The molecule has 3 heteroatoms. The van der Waals surface area contributed by atoms with Gasteiger partial charge in [-0.2, -0.15) is 0 Å². The molecule has 0 N–H and O–H groups in total. The highest BCUT2D eigenvalue weighted by Gasteiger charge is 2.38. The summed E-state index contributed by atoms with van der Waals surface area (Å²) in [6.07, 6.45) is 2.36. The van der Waals surface area contributed by atoms with E-state index >= 15 is 0 Å². The van der Waals surface area contributed by atoms with Gasteiger partial charge >= 0.3 is 0 Å². The molecule has 0 aromatic heterocycles. The third-order valence-electron chi connectivity index (χ3n) is 4.92. The van der Waals surface area contributed by atoms with Crippen LogP contribution in [0, 0.1) is 0 Å². The van der Waals surface area contributed by atoms with Crippen LogP contribution in [0.25, 0.3) is 0 Å². The number of rotatable bonds is 5. The van der Waals surface area contributed by atoms with E-state index in [0.717, 1.165) is 16.5 Å². The molecule has 1 aliphatic rings. The molecule has 28 heavy (non-hydrogen) atoms. The van der Waals surface area contributed by atoms with E-state index in [2.05, 4.69) is 91.6 Å². The van der Waals surface area contributed by atoms with Gasteiger partial charge < -0.3 is 9.64 Å². The summed E-state index contributed by atoms with van der Waals surface area (Å²) in [5.41, 5.74) is 3.56. The Morgan fingerprint density at radius 2 is 1.36 bits per heavy atom. The van der Waals surface area contributed by atoms with Gasteiger partial charge in [-0.25, -0.2) is 0 Å². The summed E-state index contributed by atoms with van der Waals surface area (Å²) in [5.74, 6) is 0.991. The lowest BCUT2D eigenvalue weighted by atomic mass is 10.0. The maximum atomic E-state index is 6.30. The van der Waals surface area contributed by atoms with Crippen molar-refractivity contribution < 1.29 is 4.74 Å². The van der Waals surface area contributed by atoms with Crippen LogP contribution in [-0.4, -0.2) is 6.10 Å². The Kier molecular flexibility index (Phi) is 5.40. The third kappa shape index (κ3) is 3.79. The summed E-state index contributed by atoms with van der Waals surface area (Å²) in [6, 6.07) is 29.3. The molecule has 1 heterocycles. The highest BCUT2D eigenvalue weighted by molar-refractivity contribution is 6.30. The summed E-state index contributed by atoms with van der Waals surface area (Å²) in [4.78, 5) is 2.42. The quantitative estimate of drug-likeness (QED) is 0.468. The van der Waals surface area contributed by atoms with Gasteiger partial charge in [0, 0.05) is 10.7 Å². The lowest BCUT2D eigenvalue weighted by molar-refractivity contribution is 0.136. The molecule has 0 bridgehead atoms. The smallest absolute Gasteiger partial charge is 0.122 e. The van der Waals surface area contributed by atoms with Crippen LogP contribution in [0.15, 0.2) is 96.8 Å². The number of hydrogen-bond donors (Lipinski definition) is 0. The van der Waals surface area contributed by atoms with Gasteiger partial charge in [0.15, 0.2) is 0 Å². The minimum atomic E-state index is 0.00924. The van der Waals surface area contributed by atoms with Crippen molar-refractivity contribution in [3.8, 4) is 0 Å². The van der Waals surface area contributed by atoms with E-state index < -0.39 is 0 Å². The Balaban J connectivity index is 1.86. The fourth-order valence-electron chi connectivity index (χ4n) is 3.79. The highest BCUT2D eigenvalue weighted by Crippen LogP contribution is 2.47. The lowest BCUT2D eigenvalue weighted by Crippen LogP contribution is -2.28. The number of nitrogens with zero attached hydrogens (tertiary/aromatic N) is 1. The van der Waals surface area contributed by atoms with E-state index in [-0.39, 0.29) is 18.2 Å². The molecule has 0 aliphatic carbocycles. The number of benzene rings is 3. The molecule has 2 atom stereocenters. The number of halogens is 1. The van der Waals surface area contributed by atoms with Crippen molar-refractivity contribution >= 4 is 17.3 Å². The van der Waals surface area contributed by atoms with E-state index in [9.17, 15) is 0 Å². The zero-order valence-electron chi connectivity index (χ0n) is 16.1. The van der Waals surface area contributed by atoms with Crippen molar-refractivity contribution in [1.82, 2.24) is 0 Å². The summed E-state index contributed by atoms with van der Waals surface area (Å²) >= 11 is 6.17. The minimum absolute atomic E-state index is 0.00924. The molecular formula is C25H24ClNO. The van der Waals surface area contributed by atoms with Crippen LogP contribution in [0.3, 0.4) is 0 Å². The van der Waals surface area contributed by atoms with Gasteiger partial charge in [-0.05, 0) is 55.3 Å². The van der Waals surface area contributed by atoms with Crippen LogP contribution in [0.5, 0.6) is 0 Å². The van der Waals surface area contributed by atoms with Crippen molar-refractivity contribution in [2.45, 2.75) is 32.0 Å². The van der Waals surface area contributed by atoms with Gasteiger partial charge in [0.1, 0.15) is 11.8 Å². The fraction of sp³-hybridized carbons (Fsp3) is 0.200. The molecule has 0 saturated heterocycles. The van der Waals surface area contributed by atoms with Crippen LogP contribution < -0.4 is 4.90 Å². The van der Waals surface area contributed by atoms with Crippen molar-refractivity contribution in [2.75, 3.05) is 4.90 Å². The normalized spacial score (nSPS) is 19.0. The topological polar surface area (TPSA) is 12.5 Å². The standard InChI is InChI=1S/C25H24ClNO/c1-18(2)28-24-17-23(19-9-5-3-6-10-19)27(22-15-13-21(26)14-16-22)25(24)20-11-7-4-8-12-20/h3-18,23,25H,1-2H3/t23-,25+/m1/s1. The first-order valence-electron chi connectivity index (χ1n) is 9.65. The maximum absolute atomic E-state index is 6.30. The summed E-state index contributed by atoms with van der Waals surface area (Å²) in [6.45, 7) is 4.15. The Hall–Kier alpha value is -2.71. The molecule has 0 spiro atoms. The average Bonchev–Trinajstić information content (AvgIpc) is 3.08.